The van der Waals surface area contributed by atoms with Gasteiger partial charge in [0.1, 0.15) is 17.4 Å². The molecule has 0 atom stereocenters. The molecule has 0 spiro atoms. The number of fused-ring (bicyclic) bond motifs is 2. The van der Waals surface area contributed by atoms with Crippen LogP contribution in [0.25, 0.3) is 0 Å². The minimum atomic E-state index is -0.666. The number of Topliss-reactive ketones (excluding diaryl/α,β-unsaturated/α-hetero) is 1. The molecule has 0 bridgehead atoms. The van der Waals surface area contributed by atoms with Gasteiger partial charge in [0.05, 0.1) is 0 Å². The van der Waals surface area contributed by atoms with Crippen molar-refractivity contribution in [2.75, 3.05) is 11.9 Å². The molecule has 0 radical (unpaired) electrons. The Hall–Kier alpha value is -3.93. The van der Waals surface area contributed by atoms with E-state index in [1.807, 2.05) is 36.4 Å². The quantitative estimate of drug-likeness (QED) is 0.466. The second kappa shape index (κ2) is 8.83. The van der Waals surface area contributed by atoms with Gasteiger partial charge in [0, 0.05) is 28.8 Å². The van der Waals surface area contributed by atoms with Crippen LogP contribution < -0.4 is 10.1 Å². The highest BCUT2D eigenvalue weighted by Gasteiger charge is 2.33. The highest BCUT2D eigenvalue weighted by Crippen LogP contribution is 2.44. The van der Waals surface area contributed by atoms with Crippen molar-refractivity contribution in [1.29, 1.82) is 0 Å². The molecule has 3 aromatic rings. The molecule has 1 aliphatic rings. The van der Waals surface area contributed by atoms with Crippen LogP contribution in [0.4, 0.5) is 5.69 Å². The molecule has 4 rings (SSSR count). The Morgan fingerprint density at radius 3 is 2.03 bits per heavy atom. The molecule has 3 aromatic carbocycles. The summed E-state index contributed by atoms with van der Waals surface area (Å²) in [5, 5.41) is 2.72. The first kappa shape index (κ1) is 20.3. The monoisotopic (exact) mass is 415 g/mol. The normalized spacial score (nSPS) is 12.2. The highest BCUT2D eigenvalue weighted by atomic mass is 16.5. The number of ketones is 1. The van der Waals surface area contributed by atoms with E-state index >= 15 is 0 Å². The Morgan fingerprint density at radius 2 is 1.45 bits per heavy atom. The molecule has 6 nitrogen and oxygen atoms in total. The third-order valence-electron chi connectivity index (χ3n) is 5.07. The van der Waals surface area contributed by atoms with Crippen molar-refractivity contribution in [3.63, 3.8) is 0 Å². The van der Waals surface area contributed by atoms with E-state index in [1.54, 1.807) is 43.3 Å². The van der Waals surface area contributed by atoms with Gasteiger partial charge < -0.3 is 14.8 Å². The molecular weight excluding hydrogens is 394 g/mol. The van der Waals surface area contributed by atoms with Crippen LogP contribution in [-0.4, -0.2) is 24.3 Å². The number of rotatable bonds is 6. The van der Waals surface area contributed by atoms with Gasteiger partial charge in [-0.05, 0) is 36.4 Å². The molecule has 31 heavy (non-hydrogen) atoms. The van der Waals surface area contributed by atoms with Gasteiger partial charge in [0.25, 0.3) is 0 Å². The van der Waals surface area contributed by atoms with E-state index in [4.69, 9.17) is 9.47 Å². The summed E-state index contributed by atoms with van der Waals surface area (Å²) in [6, 6.07) is 21.1. The van der Waals surface area contributed by atoms with E-state index in [9.17, 15) is 14.4 Å². The summed E-state index contributed by atoms with van der Waals surface area (Å²) in [4.78, 5) is 37.0. The largest absolute Gasteiger partial charge is 0.457 e. The fourth-order valence-electron chi connectivity index (χ4n) is 3.46. The maximum atomic E-state index is 13.0. The number of para-hydroxylation sites is 2. The molecule has 0 aliphatic carbocycles. The van der Waals surface area contributed by atoms with Crippen LogP contribution in [0.1, 0.15) is 40.7 Å². The van der Waals surface area contributed by atoms with Crippen molar-refractivity contribution in [2.24, 2.45) is 0 Å². The Balaban J connectivity index is 1.47. The molecule has 1 aliphatic heterocycles. The Kier molecular flexibility index (Phi) is 5.80. The highest BCUT2D eigenvalue weighted by molar-refractivity contribution is 5.99. The van der Waals surface area contributed by atoms with Crippen LogP contribution in [0.3, 0.4) is 0 Å². The summed E-state index contributed by atoms with van der Waals surface area (Å²) in [6.07, 6.45) is 0.370. The lowest BCUT2D eigenvalue weighted by molar-refractivity contribution is -0.143. The number of carbonyl (C=O) groups is 3. The van der Waals surface area contributed by atoms with Gasteiger partial charge in [0.2, 0.25) is 5.91 Å². The number of hydrogen-bond acceptors (Lipinski definition) is 5. The minimum Gasteiger partial charge on any atom is -0.457 e. The minimum absolute atomic E-state index is 0.106. The van der Waals surface area contributed by atoms with E-state index in [1.165, 1.54) is 0 Å². The molecule has 156 valence electrons. The van der Waals surface area contributed by atoms with Crippen LogP contribution >= 0.6 is 0 Å². The first-order chi connectivity index (χ1) is 15.1. The van der Waals surface area contributed by atoms with Crippen molar-refractivity contribution >= 4 is 23.3 Å². The van der Waals surface area contributed by atoms with Gasteiger partial charge in [-0.2, -0.15) is 0 Å². The predicted molar refractivity (Wildman–Crippen MR) is 115 cm³/mol. The lowest BCUT2D eigenvalue weighted by Gasteiger charge is -2.26. The second-order valence-electron chi connectivity index (χ2n) is 7.12. The number of amides is 1. The average Bonchev–Trinajstić information content (AvgIpc) is 2.81. The lowest BCUT2D eigenvalue weighted by Crippen LogP contribution is -2.23. The van der Waals surface area contributed by atoms with Crippen LogP contribution in [0.15, 0.2) is 72.8 Å². The SMILES string of the molecule is CCC(=O)Nc1ccc(C(=O)COC(=O)C2c3ccccc3Oc3ccccc32)cc1. The van der Waals surface area contributed by atoms with E-state index in [2.05, 4.69) is 5.32 Å². The molecule has 1 amide bonds. The van der Waals surface area contributed by atoms with Gasteiger partial charge >= 0.3 is 5.97 Å². The second-order valence-corrected chi connectivity index (χ2v) is 7.12. The van der Waals surface area contributed by atoms with Gasteiger partial charge in [0.15, 0.2) is 12.4 Å². The van der Waals surface area contributed by atoms with Crippen LogP contribution in [0.2, 0.25) is 0 Å². The first-order valence-corrected chi connectivity index (χ1v) is 10.0. The average molecular weight is 415 g/mol. The predicted octanol–water partition coefficient (Wildman–Crippen LogP) is 4.70. The summed E-state index contributed by atoms with van der Waals surface area (Å²) < 4.78 is 11.3. The fraction of sp³-hybridized carbons (Fsp3) is 0.160. The molecule has 0 unspecified atom stereocenters. The van der Waals surface area contributed by atoms with E-state index in [0.717, 1.165) is 0 Å². The maximum Gasteiger partial charge on any atom is 0.318 e. The number of benzene rings is 3. The Morgan fingerprint density at radius 1 is 0.871 bits per heavy atom. The van der Waals surface area contributed by atoms with E-state index in [0.29, 0.717) is 40.3 Å². The number of carbonyl (C=O) groups excluding carboxylic acids is 3. The molecular formula is C25H21NO5. The third-order valence-corrected chi connectivity index (χ3v) is 5.07. The summed E-state index contributed by atoms with van der Waals surface area (Å²) in [6.45, 7) is 1.39. The summed E-state index contributed by atoms with van der Waals surface area (Å²) in [7, 11) is 0. The topological polar surface area (TPSA) is 81.7 Å². The van der Waals surface area contributed by atoms with Crippen LogP contribution in [0, 0.1) is 0 Å². The van der Waals surface area contributed by atoms with Crippen molar-refractivity contribution in [3.05, 3.63) is 89.5 Å². The zero-order chi connectivity index (χ0) is 21.8. The molecule has 1 N–H and O–H groups in total. The third kappa shape index (κ3) is 4.33. The lowest BCUT2D eigenvalue weighted by atomic mass is 9.88. The summed E-state index contributed by atoms with van der Waals surface area (Å²) >= 11 is 0. The molecule has 1 heterocycles. The van der Waals surface area contributed by atoms with E-state index < -0.39 is 11.9 Å². The number of esters is 1. The number of nitrogens with one attached hydrogen (secondary N) is 1. The Bertz CT molecular complexity index is 1090. The zero-order valence-electron chi connectivity index (χ0n) is 17.0. The van der Waals surface area contributed by atoms with Gasteiger partial charge in [-0.3, -0.25) is 14.4 Å². The fourth-order valence-corrected chi connectivity index (χ4v) is 3.46. The van der Waals surface area contributed by atoms with Crippen molar-refractivity contribution in [2.45, 2.75) is 19.3 Å². The molecule has 0 fully saturated rings. The van der Waals surface area contributed by atoms with Gasteiger partial charge in [-0.25, -0.2) is 0 Å². The number of ether oxygens (including phenoxy) is 2. The van der Waals surface area contributed by atoms with Crippen molar-refractivity contribution < 1.29 is 23.9 Å². The van der Waals surface area contributed by atoms with E-state index in [-0.39, 0.29) is 18.3 Å². The summed E-state index contributed by atoms with van der Waals surface area (Å²) in [5.41, 5.74) is 2.41. The van der Waals surface area contributed by atoms with Crippen molar-refractivity contribution in [1.82, 2.24) is 0 Å². The number of anilines is 1. The summed E-state index contributed by atoms with van der Waals surface area (Å²) in [5.74, 6) is -0.414. The van der Waals surface area contributed by atoms with Crippen molar-refractivity contribution in [3.8, 4) is 11.5 Å². The standard InChI is InChI=1S/C25H21NO5/c1-2-23(28)26-17-13-11-16(12-14-17)20(27)15-30-25(29)24-18-7-3-5-9-21(18)31-22-10-6-4-8-19(22)24/h3-14,24H,2,15H2,1H3,(H,26,28). The molecule has 0 aromatic heterocycles. The molecule has 0 saturated heterocycles. The van der Waals surface area contributed by atoms with Gasteiger partial charge in [-0.15, -0.1) is 0 Å². The van der Waals surface area contributed by atoms with Crippen LogP contribution in [-0.2, 0) is 14.3 Å². The molecule has 0 saturated carbocycles. The molecule has 6 heteroatoms. The first-order valence-electron chi connectivity index (χ1n) is 10.0. The van der Waals surface area contributed by atoms with Crippen LogP contribution in [0.5, 0.6) is 11.5 Å². The Labute approximate surface area is 179 Å². The smallest absolute Gasteiger partial charge is 0.318 e. The number of hydrogen-bond donors (Lipinski definition) is 1. The van der Waals surface area contributed by atoms with Gasteiger partial charge in [-0.1, -0.05) is 43.3 Å². The maximum absolute atomic E-state index is 13.0. The zero-order valence-corrected chi connectivity index (χ0v) is 17.0.